The zero-order valence-electron chi connectivity index (χ0n) is 14.2. The number of hydrogen-bond donors (Lipinski definition) is 0. The standard InChI is InChI=1S/C23H20Cl2/c1-2-15-12-13-17(16-8-4-3-5-9-16)14-20-21(15)23(25)19-11-7-6-10-18(19)22(20)24/h3-11,13-15,21H,2,12H2,1H3. The molecule has 2 aromatic rings. The highest BCUT2D eigenvalue weighted by Crippen LogP contribution is 2.44. The first-order valence-electron chi connectivity index (χ1n) is 8.82. The number of hydrogen-bond acceptors (Lipinski definition) is 0. The number of benzene rings is 2. The molecule has 0 bridgehead atoms. The van der Waals surface area contributed by atoms with Crippen molar-refractivity contribution in [3.8, 4) is 0 Å². The summed E-state index contributed by atoms with van der Waals surface area (Å²) in [6.45, 7) is 2.24. The first kappa shape index (κ1) is 16.7. The molecule has 0 saturated carbocycles. The second-order valence-corrected chi connectivity index (χ2v) is 7.50. The summed E-state index contributed by atoms with van der Waals surface area (Å²) in [4.78, 5) is 0. The van der Waals surface area contributed by atoms with Crippen LogP contribution in [0.25, 0.3) is 15.6 Å². The molecule has 2 atom stereocenters. The minimum absolute atomic E-state index is 0.173. The maximum Gasteiger partial charge on any atom is 0.0523 e. The Bertz CT molecular complexity index is 980. The number of allylic oxidation sites excluding steroid dienone is 4. The van der Waals surface area contributed by atoms with Crippen LogP contribution in [0.2, 0.25) is 0 Å². The Labute approximate surface area is 158 Å². The third-order valence-corrected chi connectivity index (χ3v) is 6.20. The third kappa shape index (κ3) is 2.88. The van der Waals surface area contributed by atoms with Crippen LogP contribution in [0, 0.1) is 11.8 Å². The zero-order valence-corrected chi connectivity index (χ0v) is 15.7. The molecular weight excluding hydrogens is 347 g/mol. The summed E-state index contributed by atoms with van der Waals surface area (Å²) >= 11 is 13.8. The van der Waals surface area contributed by atoms with E-state index in [0.717, 1.165) is 38.9 Å². The van der Waals surface area contributed by atoms with E-state index in [1.165, 1.54) is 11.1 Å². The van der Waals surface area contributed by atoms with Crippen LogP contribution in [0.5, 0.6) is 0 Å². The van der Waals surface area contributed by atoms with E-state index in [9.17, 15) is 0 Å². The first-order chi connectivity index (χ1) is 12.2. The Kier molecular flexibility index (Phi) is 4.58. The highest BCUT2D eigenvalue weighted by atomic mass is 35.5. The van der Waals surface area contributed by atoms with Gasteiger partial charge in [-0.05, 0) is 40.3 Å². The van der Waals surface area contributed by atoms with Crippen molar-refractivity contribution < 1.29 is 0 Å². The molecule has 2 aliphatic carbocycles. The van der Waals surface area contributed by atoms with Crippen LogP contribution in [0.15, 0.2) is 72.3 Å². The molecule has 126 valence electrons. The van der Waals surface area contributed by atoms with Gasteiger partial charge in [0.15, 0.2) is 0 Å². The van der Waals surface area contributed by atoms with Crippen LogP contribution in [0.3, 0.4) is 0 Å². The van der Waals surface area contributed by atoms with Gasteiger partial charge in [-0.25, -0.2) is 0 Å². The van der Waals surface area contributed by atoms with Crippen LogP contribution in [-0.4, -0.2) is 0 Å². The normalized spacial score (nSPS) is 22.5. The minimum Gasteiger partial charge on any atom is -0.0878 e. The summed E-state index contributed by atoms with van der Waals surface area (Å²) in [7, 11) is 0. The highest BCUT2D eigenvalue weighted by Gasteiger charge is 2.32. The lowest BCUT2D eigenvalue weighted by Crippen LogP contribution is -2.36. The molecule has 0 nitrogen and oxygen atoms in total. The lowest BCUT2D eigenvalue weighted by Gasteiger charge is -2.29. The Morgan fingerprint density at radius 2 is 1.60 bits per heavy atom. The second kappa shape index (κ2) is 6.86. The Morgan fingerprint density at radius 3 is 2.32 bits per heavy atom. The molecule has 2 heteroatoms. The van der Waals surface area contributed by atoms with Gasteiger partial charge in [-0.2, -0.15) is 0 Å². The molecule has 4 rings (SSSR count). The SMILES string of the molecule is CCC1CC=C(c2ccccc2)C=C2C(Cl)=c3ccccc3=C(Cl)C21. The Balaban J connectivity index is 1.97. The van der Waals surface area contributed by atoms with E-state index in [-0.39, 0.29) is 5.92 Å². The lowest BCUT2D eigenvalue weighted by atomic mass is 9.79. The summed E-state index contributed by atoms with van der Waals surface area (Å²) in [5.41, 5.74) is 3.62. The first-order valence-corrected chi connectivity index (χ1v) is 9.58. The molecule has 0 aromatic heterocycles. The second-order valence-electron chi connectivity index (χ2n) is 6.71. The van der Waals surface area contributed by atoms with E-state index in [2.05, 4.69) is 55.5 Å². The fraction of sp³-hybridized carbons (Fsp3) is 0.217. The van der Waals surface area contributed by atoms with Gasteiger partial charge in [0.25, 0.3) is 0 Å². The Hall–Kier alpha value is -1.76. The smallest absolute Gasteiger partial charge is 0.0523 e. The van der Waals surface area contributed by atoms with Gasteiger partial charge in [0.2, 0.25) is 0 Å². The van der Waals surface area contributed by atoms with E-state index in [1.807, 2.05) is 18.2 Å². The lowest BCUT2D eigenvalue weighted by molar-refractivity contribution is 0.450. The van der Waals surface area contributed by atoms with E-state index >= 15 is 0 Å². The van der Waals surface area contributed by atoms with Gasteiger partial charge < -0.3 is 0 Å². The maximum absolute atomic E-state index is 6.91. The summed E-state index contributed by atoms with van der Waals surface area (Å²) in [5.74, 6) is 0.633. The summed E-state index contributed by atoms with van der Waals surface area (Å²) in [6.07, 6.45) is 6.67. The molecule has 0 radical (unpaired) electrons. The predicted molar refractivity (Wildman–Crippen MR) is 109 cm³/mol. The molecule has 0 saturated heterocycles. The molecule has 0 heterocycles. The number of rotatable bonds is 2. The molecule has 0 fully saturated rings. The molecule has 2 aromatic carbocycles. The van der Waals surface area contributed by atoms with Crippen molar-refractivity contribution in [3.63, 3.8) is 0 Å². The minimum atomic E-state index is 0.173. The monoisotopic (exact) mass is 366 g/mol. The van der Waals surface area contributed by atoms with Crippen molar-refractivity contribution in [1.29, 1.82) is 0 Å². The highest BCUT2D eigenvalue weighted by molar-refractivity contribution is 6.51. The topological polar surface area (TPSA) is 0 Å². The van der Waals surface area contributed by atoms with E-state index in [4.69, 9.17) is 23.2 Å². The van der Waals surface area contributed by atoms with Crippen molar-refractivity contribution in [1.82, 2.24) is 0 Å². The van der Waals surface area contributed by atoms with Gasteiger partial charge in [0, 0.05) is 16.2 Å². The fourth-order valence-corrected chi connectivity index (χ4v) is 4.77. The molecule has 2 aliphatic rings. The Morgan fingerprint density at radius 1 is 0.920 bits per heavy atom. The van der Waals surface area contributed by atoms with Gasteiger partial charge in [-0.3, -0.25) is 0 Å². The quantitative estimate of drug-likeness (QED) is 0.662. The van der Waals surface area contributed by atoms with Crippen LogP contribution in [-0.2, 0) is 0 Å². The van der Waals surface area contributed by atoms with Crippen LogP contribution < -0.4 is 10.4 Å². The summed E-state index contributed by atoms with van der Waals surface area (Å²) < 4.78 is 0. The largest absolute Gasteiger partial charge is 0.0878 e. The molecule has 25 heavy (non-hydrogen) atoms. The van der Waals surface area contributed by atoms with Crippen LogP contribution in [0.4, 0.5) is 0 Å². The van der Waals surface area contributed by atoms with Crippen LogP contribution >= 0.6 is 23.2 Å². The number of halogens is 2. The van der Waals surface area contributed by atoms with Crippen molar-refractivity contribution in [3.05, 3.63) is 88.3 Å². The van der Waals surface area contributed by atoms with Gasteiger partial charge in [0.1, 0.15) is 0 Å². The maximum atomic E-state index is 6.91. The van der Waals surface area contributed by atoms with Crippen molar-refractivity contribution in [2.24, 2.45) is 11.8 Å². The molecule has 0 spiro atoms. The zero-order chi connectivity index (χ0) is 17.4. The average Bonchev–Trinajstić information content (AvgIpc) is 2.87. The summed E-state index contributed by atoms with van der Waals surface area (Å²) in [6, 6.07) is 18.7. The molecule has 2 unspecified atom stereocenters. The molecule has 0 N–H and O–H groups in total. The molecular formula is C23H20Cl2. The van der Waals surface area contributed by atoms with Gasteiger partial charge in [0.05, 0.1) is 5.03 Å². The third-order valence-electron chi connectivity index (χ3n) is 5.34. The number of fused-ring (bicyclic) bond motifs is 2. The molecule has 0 aliphatic heterocycles. The fourth-order valence-electron chi connectivity index (χ4n) is 3.97. The van der Waals surface area contributed by atoms with Gasteiger partial charge in [-0.15, -0.1) is 0 Å². The van der Waals surface area contributed by atoms with Gasteiger partial charge in [-0.1, -0.05) is 97.2 Å². The van der Waals surface area contributed by atoms with E-state index < -0.39 is 0 Å². The van der Waals surface area contributed by atoms with Crippen molar-refractivity contribution in [2.75, 3.05) is 0 Å². The van der Waals surface area contributed by atoms with Crippen LogP contribution in [0.1, 0.15) is 25.3 Å². The summed E-state index contributed by atoms with van der Waals surface area (Å²) in [5, 5.41) is 3.90. The molecule has 0 amide bonds. The van der Waals surface area contributed by atoms with E-state index in [1.54, 1.807) is 0 Å². The van der Waals surface area contributed by atoms with Gasteiger partial charge >= 0.3 is 0 Å². The van der Waals surface area contributed by atoms with Crippen molar-refractivity contribution in [2.45, 2.75) is 19.8 Å². The predicted octanol–water partition coefficient (Wildman–Crippen LogP) is 5.45. The van der Waals surface area contributed by atoms with Crippen molar-refractivity contribution >= 4 is 38.8 Å². The van der Waals surface area contributed by atoms with E-state index in [0.29, 0.717) is 5.92 Å². The average molecular weight is 367 g/mol.